The van der Waals surface area contributed by atoms with E-state index < -0.39 is 11.7 Å². The molecule has 1 N–H and O–H groups in total. The van der Waals surface area contributed by atoms with Gasteiger partial charge < -0.3 is 14.8 Å². The SMILES string of the molecule is CC(C)(C)OC(=O)NCCOc1ccc(Cc2ccccc2)cc1Cl. The summed E-state index contributed by atoms with van der Waals surface area (Å²) >= 11 is 6.29. The van der Waals surface area contributed by atoms with Crippen LogP contribution in [-0.2, 0) is 11.2 Å². The third kappa shape index (κ3) is 7.06. The van der Waals surface area contributed by atoms with Gasteiger partial charge in [0, 0.05) is 0 Å². The summed E-state index contributed by atoms with van der Waals surface area (Å²) in [5.74, 6) is 0.601. The summed E-state index contributed by atoms with van der Waals surface area (Å²) in [5.41, 5.74) is 1.84. The van der Waals surface area contributed by atoms with E-state index in [2.05, 4.69) is 17.4 Å². The van der Waals surface area contributed by atoms with E-state index >= 15 is 0 Å². The highest BCUT2D eigenvalue weighted by Gasteiger charge is 2.15. The Morgan fingerprint density at radius 1 is 1.08 bits per heavy atom. The summed E-state index contributed by atoms with van der Waals surface area (Å²) in [6.07, 6.45) is 0.363. The molecule has 25 heavy (non-hydrogen) atoms. The monoisotopic (exact) mass is 361 g/mol. The standard InChI is InChI=1S/C20H24ClNO3/c1-20(2,3)25-19(23)22-11-12-24-18-10-9-16(14-17(18)21)13-15-7-5-4-6-8-15/h4-10,14H,11-13H2,1-3H3,(H,22,23). The van der Waals surface area contributed by atoms with E-state index in [4.69, 9.17) is 21.1 Å². The minimum atomic E-state index is -0.511. The molecule has 0 radical (unpaired) electrons. The van der Waals surface area contributed by atoms with Crippen LogP contribution in [0.25, 0.3) is 0 Å². The molecule has 5 heteroatoms. The van der Waals surface area contributed by atoms with Crippen LogP contribution in [-0.4, -0.2) is 24.8 Å². The number of carbonyl (C=O) groups is 1. The van der Waals surface area contributed by atoms with Crippen molar-refractivity contribution in [2.45, 2.75) is 32.8 Å². The third-order valence-corrected chi connectivity index (χ3v) is 3.57. The maximum Gasteiger partial charge on any atom is 0.407 e. The number of hydrogen-bond acceptors (Lipinski definition) is 3. The number of nitrogens with one attached hydrogen (secondary N) is 1. The van der Waals surface area contributed by atoms with Crippen molar-refractivity contribution in [3.8, 4) is 5.75 Å². The normalized spacial score (nSPS) is 11.0. The van der Waals surface area contributed by atoms with Crippen LogP contribution >= 0.6 is 11.6 Å². The average molecular weight is 362 g/mol. The van der Waals surface area contributed by atoms with Crippen molar-refractivity contribution in [2.24, 2.45) is 0 Å². The Bertz CT molecular complexity index is 696. The molecule has 2 rings (SSSR count). The lowest BCUT2D eigenvalue weighted by atomic mass is 10.1. The maximum absolute atomic E-state index is 11.5. The number of halogens is 1. The van der Waals surface area contributed by atoms with Crippen molar-refractivity contribution in [3.05, 3.63) is 64.7 Å². The zero-order valence-corrected chi connectivity index (χ0v) is 15.6. The van der Waals surface area contributed by atoms with E-state index in [1.165, 1.54) is 5.56 Å². The topological polar surface area (TPSA) is 47.6 Å². The van der Waals surface area contributed by atoms with Crippen molar-refractivity contribution >= 4 is 17.7 Å². The number of carbonyl (C=O) groups excluding carboxylic acids is 1. The van der Waals surface area contributed by atoms with Gasteiger partial charge in [-0.3, -0.25) is 0 Å². The Labute approximate surface area is 154 Å². The number of benzene rings is 2. The minimum Gasteiger partial charge on any atom is -0.490 e. The molecule has 0 aliphatic heterocycles. The highest BCUT2D eigenvalue weighted by Crippen LogP contribution is 2.26. The predicted molar refractivity (Wildman–Crippen MR) is 100 cm³/mol. The molecule has 0 spiro atoms. The van der Waals surface area contributed by atoms with Crippen LogP contribution in [0.1, 0.15) is 31.9 Å². The van der Waals surface area contributed by atoms with E-state index in [1.54, 1.807) is 0 Å². The van der Waals surface area contributed by atoms with Gasteiger partial charge in [-0.15, -0.1) is 0 Å². The summed E-state index contributed by atoms with van der Waals surface area (Å²) in [6, 6.07) is 16.0. The van der Waals surface area contributed by atoms with Crippen LogP contribution in [0.4, 0.5) is 4.79 Å². The fourth-order valence-electron chi connectivity index (χ4n) is 2.23. The first kappa shape index (κ1) is 19.1. The quantitative estimate of drug-likeness (QED) is 0.749. The summed E-state index contributed by atoms with van der Waals surface area (Å²) in [4.78, 5) is 11.5. The molecule has 0 bridgehead atoms. The molecule has 0 unspecified atom stereocenters. The zero-order valence-electron chi connectivity index (χ0n) is 14.8. The van der Waals surface area contributed by atoms with Gasteiger partial charge >= 0.3 is 6.09 Å². The second-order valence-electron chi connectivity index (χ2n) is 6.70. The Hall–Kier alpha value is -2.20. The number of alkyl carbamates (subject to hydrolysis) is 1. The summed E-state index contributed by atoms with van der Waals surface area (Å²) in [5, 5.41) is 3.20. The molecule has 0 aromatic heterocycles. The smallest absolute Gasteiger partial charge is 0.407 e. The van der Waals surface area contributed by atoms with Gasteiger partial charge in [0.05, 0.1) is 11.6 Å². The lowest BCUT2D eigenvalue weighted by molar-refractivity contribution is 0.0520. The molecule has 0 aliphatic rings. The van der Waals surface area contributed by atoms with Crippen molar-refractivity contribution in [1.82, 2.24) is 5.32 Å². The van der Waals surface area contributed by atoms with Crippen molar-refractivity contribution < 1.29 is 14.3 Å². The average Bonchev–Trinajstić information content (AvgIpc) is 2.52. The highest BCUT2D eigenvalue weighted by molar-refractivity contribution is 6.32. The molecular formula is C20H24ClNO3. The van der Waals surface area contributed by atoms with Gasteiger partial charge in [-0.1, -0.05) is 48.0 Å². The number of amides is 1. The second kappa shape index (κ2) is 8.77. The molecular weight excluding hydrogens is 338 g/mol. The largest absolute Gasteiger partial charge is 0.490 e. The van der Waals surface area contributed by atoms with E-state index in [-0.39, 0.29) is 0 Å². The van der Waals surface area contributed by atoms with Crippen LogP contribution < -0.4 is 10.1 Å². The number of hydrogen-bond donors (Lipinski definition) is 1. The number of ether oxygens (including phenoxy) is 2. The van der Waals surface area contributed by atoms with Gasteiger partial charge in [-0.2, -0.15) is 0 Å². The highest BCUT2D eigenvalue weighted by atomic mass is 35.5. The van der Waals surface area contributed by atoms with E-state index in [0.717, 1.165) is 12.0 Å². The first-order valence-electron chi connectivity index (χ1n) is 8.25. The summed E-state index contributed by atoms with van der Waals surface area (Å²) in [6.45, 7) is 6.12. The van der Waals surface area contributed by atoms with Crippen molar-refractivity contribution in [3.63, 3.8) is 0 Å². The molecule has 0 saturated carbocycles. The van der Waals surface area contributed by atoms with Crippen LogP contribution in [0.3, 0.4) is 0 Å². The van der Waals surface area contributed by atoms with E-state index in [0.29, 0.717) is 23.9 Å². The van der Waals surface area contributed by atoms with Gasteiger partial charge in [-0.25, -0.2) is 4.79 Å². The van der Waals surface area contributed by atoms with Gasteiger partial charge in [0.2, 0.25) is 0 Å². The molecule has 4 nitrogen and oxygen atoms in total. The Kier molecular flexibility index (Phi) is 6.71. The molecule has 0 saturated heterocycles. The molecule has 134 valence electrons. The zero-order chi connectivity index (χ0) is 18.3. The van der Waals surface area contributed by atoms with Crippen molar-refractivity contribution in [2.75, 3.05) is 13.2 Å². The fraction of sp³-hybridized carbons (Fsp3) is 0.350. The van der Waals surface area contributed by atoms with E-state index in [9.17, 15) is 4.79 Å². The number of rotatable bonds is 6. The first-order valence-corrected chi connectivity index (χ1v) is 8.63. The molecule has 2 aromatic rings. The molecule has 0 aliphatic carbocycles. The predicted octanol–water partition coefficient (Wildman–Crippen LogP) is 4.83. The molecule has 0 heterocycles. The van der Waals surface area contributed by atoms with Gasteiger partial charge in [0.1, 0.15) is 18.0 Å². The van der Waals surface area contributed by atoms with Gasteiger partial charge in [0.15, 0.2) is 0 Å². The van der Waals surface area contributed by atoms with Crippen molar-refractivity contribution in [1.29, 1.82) is 0 Å². The maximum atomic E-state index is 11.5. The molecule has 0 fully saturated rings. The van der Waals surface area contributed by atoms with E-state index in [1.807, 2.05) is 57.2 Å². The molecule has 0 atom stereocenters. The van der Waals surface area contributed by atoms with Crippen LogP contribution in [0, 0.1) is 0 Å². The lowest BCUT2D eigenvalue weighted by Crippen LogP contribution is -2.34. The van der Waals surface area contributed by atoms with Crippen LogP contribution in [0.2, 0.25) is 5.02 Å². The van der Waals surface area contributed by atoms with Gasteiger partial charge in [-0.05, 0) is 50.5 Å². The Morgan fingerprint density at radius 3 is 2.44 bits per heavy atom. The third-order valence-electron chi connectivity index (χ3n) is 3.28. The summed E-state index contributed by atoms with van der Waals surface area (Å²) < 4.78 is 10.8. The first-order chi connectivity index (χ1) is 11.8. The second-order valence-corrected chi connectivity index (χ2v) is 7.11. The molecule has 2 aromatic carbocycles. The Morgan fingerprint density at radius 2 is 1.80 bits per heavy atom. The van der Waals surface area contributed by atoms with Crippen LogP contribution in [0.15, 0.2) is 48.5 Å². The van der Waals surface area contributed by atoms with Gasteiger partial charge in [0.25, 0.3) is 0 Å². The van der Waals surface area contributed by atoms with Crippen LogP contribution in [0.5, 0.6) is 5.75 Å². The Balaban J connectivity index is 1.80. The minimum absolute atomic E-state index is 0.316. The summed E-state index contributed by atoms with van der Waals surface area (Å²) in [7, 11) is 0. The molecule has 1 amide bonds. The lowest BCUT2D eigenvalue weighted by Gasteiger charge is -2.19. The fourth-order valence-corrected chi connectivity index (χ4v) is 2.49.